The summed E-state index contributed by atoms with van der Waals surface area (Å²) in [5, 5.41) is 6.30. The number of anilines is 1. The Labute approximate surface area is 251 Å². The summed E-state index contributed by atoms with van der Waals surface area (Å²) >= 11 is 0. The first-order chi connectivity index (χ1) is 20.7. The average molecular weight is 586 g/mol. The second kappa shape index (κ2) is 10.7. The molecule has 2 aromatic carbocycles. The molecule has 2 bridgehead atoms. The lowest BCUT2D eigenvalue weighted by Crippen LogP contribution is -2.57. The molecule has 1 aliphatic carbocycles. The van der Waals surface area contributed by atoms with Gasteiger partial charge in [0.1, 0.15) is 11.6 Å². The lowest BCUT2D eigenvalue weighted by atomic mass is 9.74. The van der Waals surface area contributed by atoms with Gasteiger partial charge in [0.25, 0.3) is 0 Å². The van der Waals surface area contributed by atoms with Crippen LogP contribution in [0.25, 0.3) is 0 Å². The lowest BCUT2D eigenvalue weighted by molar-refractivity contribution is -0.142. The van der Waals surface area contributed by atoms with Crippen molar-refractivity contribution < 1.29 is 28.6 Å². The zero-order valence-corrected chi connectivity index (χ0v) is 24.9. The van der Waals surface area contributed by atoms with Crippen molar-refractivity contribution in [2.45, 2.75) is 82.7 Å². The van der Waals surface area contributed by atoms with Crippen LogP contribution in [0.5, 0.6) is 11.5 Å². The Morgan fingerprint density at radius 3 is 2.56 bits per heavy atom. The Morgan fingerprint density at radius 2 is 1.79 bits per heavy atom. The van der Waals surface area contributed by atoms with Gasteiger partial charge in [-0.3, -0.25) is 14.4 Å². The van der Waals surface area contributed by atoms with Crippen molar-refractivity contribution in [1.29, 1.82) is 0 Å². The van der Waals surface area contributed by atoms with Gasteiger partial charge >= 0.3 is 0 Å². The van der Waals surface area contributed by atoms with E-state index in [0.717, 1.165) is 31.2 Å². The number of likely N-dealkylation sites (tertiary alicyclic amines) is 1. The Morgan fingerprint density at radius 1 is 1.02 bits per heavy atom. The molecular formula is C34H39N3O6. The van der Waals surface area contributed by atoms with E-state index < -0.39 is 29.6 Å². The number of fused-ring (bicyclic) bond motifs is 2. The number of nitrogens with one attached hydrogen (secondary N) is 2. The lowest BCUT2D eigenvalue weighted by Gasteiger charge is -2.36. The predicted molar refractivity (Wildman–Crippen MR) is 159 cm³/mol. The van der Waals surface area contributed by atoms with Crippen molar-refractivity contribution in [3.05, 3.63) is 65.7 Å². The monoisotopic (exact) mass is 585 g/mol. The number of nitrogens with zero attached hydrogens (tertiary/aromatic N) is 1. The smallest absolute Gasteiger partial charge is 0.246 e. The fourth-order valence-electron chi connectivity index (χ4n) is 7.64. The van der Waals surface area contributed by atoms with Crippen LogP contribution in [0.1, 0.15) is 63.5 Å². The minimum Gasteiger partial charge on any atom is -0.454 e. The Bertz CT molecular complexity index is 1470. The number of hydrogen-bond donors (Lipinski definition) is 2. The van der Waals surface area contributed by atoms with Gasteiger partial charge in [-0.15, -0.1) is 0 Å². The van der Waals surface area contributed by atoms with Crippen LogP contribution >= 0.6 is 0 Å². The SMILES string of the molecule is CC(C)c1ccc(NC(=O)[C@@H]2[C@@H]3C=C[C@]4(O3)[C@@H]2C(=O)N(Cc2ccc3c(c2)OCO3)[C@H]4C(=O)N[C@@H]2CCCC[C@H]2C)cc1. The quantitative estimate of drug-likeness (QED) is 0.463. The van der Waals surface area contributed by atoms with Crippen molar-refractivity contribution >= 4 is 23.4 Å². The molecule has 4 aliphatic heterocycles. The van der Waals surface area contributed by atoms with Gasteiger partial charge in [-0.2, -0.15) is 0 Å². The number of hydrogen-bond acceptors (Lipinski definition) is 6. The largest absolute Gasteiger partial charge is 0.454 e. The molecule has 9 heteroatoms. The summed E-state index contributed by atoms with van der Waals surface area (Å²) in [4.78, 5) is 44.0. The maximum absolute atomic E-state index is 14.4. The first kappa shape index (κ1) is 28.0. The van der Waals surface area contributed by atoms with Gasteiger partial charge in [0.05, 0.1) is 17.9 Å². The molecule has 7 atom stereocenters. The van der Waals surface area contributed by atoms with E-state index in [0.29, 0.717) is 29.0 Å². The van der Waals surface area contributed by atoms with Crippen LogP contribution in [0, 0.1) is 17.8 Å². The maximum atomic E-state index is 14.4. The zero-order valence-electron chi connectivity index (χ0n) is 24.9. The highest BCUT2D eigenvalue weighted by Crippen LogP contribution is 2.55. The van der Waals surface area contributed by atoms with Gasteiger partial charge in [0.2, 0.25) is 24.5 Å². The van der Waals surface area contributed by atoms with Crippen LogP contribution in [0.3, 0.4) is 0 Å². The third-order valence-corrected chi connectivity index (χ3v) is 10.00. The van der Waals surface area contributed by atoms with E-state index in [1.54, 1.807) is 4.90 Å². The predicted octanol–water partition coefficient (Wildman–Crippen LogP) is 4.52. The first-order valence-corrected chi connectivity index (χ1v) is 15.5. The summed E-state index contributed by atoms with van der Waals surface area (Å²) in [5.41, 5.74) is 1.43. The van der Waals surface area contributed by atoms with Crippen molar-refractivity contribution in [3.63, 3.8) is 0 Å². The average Bonchev–Trinajstić information content (AvgIpc) is 3.75. The van der Waals surface area contributed by atoms with E-state index in [1.165, 1.54) is 5.56 Å². The highest BCUT2D eigenvalue weighted by molar-refractivity contribution is 6.02. The first-order valence-electron chi connectivity index (χ1n) is 15.5. The molecule has 4 heterocycles. The van der Waals surface area contributed by atoms with Crippen molar-refractivity contribution in [1.82, 2.24) is 10.2 Å². The topological polar surface area (TPSA) is 106 Å². The molecule has 0 aromatic heterocycles. The molecule has 2 aromatic rings. The molecule has 226 valence electrons. The Kier molecular flexibility index (Phi) is 6.95. The summed E-state index contributed by atoms with van der Waals surface area (Å²) in [6, 6.07) is 12.4. The normalized spacial score (nSPS) is 31.9. The maximum Gasteiger partial charge on any atom is 0.246 e. The zero-order chi connectivity index (χ0) is 29.9. The van der Waals surface area contributed by atoms with Gasteiger partial charge in [-0.05, 0) is 60.1 Å². The molecule has 43 heavy (non-hydrogen) atoms. The molecule has 2 saturated heterocycles. The summed E-state index contributed by atoms with van der Waals surface area (Å²) in [6.45, 7) is 6.73. The molecule has 1 saturated carbocycles. The van der Waals surface area contributed by atoms with Crippen LogP contribution in [-0.2, 0) is 25.7 Å². The number of carbonyl (C=O) groups is 3. The number of rotatable bonds is 7. The molecule has 2 N–H and O–H groups in total. The van der Waals surface area contributed by atoms with E-state index >= 15 is 0 Å². The van der Waals surface area contributed by atoms with E-state index in [1.807, 2.05) is 54.6 Å². The molecule has 7 rings (SSSR count). The summed E-state index contributed by atoms with van der Waals surface area (Å²) in [5.74, 6) is -0.353. The van der Waals surface area contributed by atoms with Gasteiger partial charge < -0.3 is 29.7 Å². The number of ether oxygens (including phenoxy) is 3. The molecular weight excluding hydrogens is 546 g/mol. The third-order valence-electron chi connectivity index (χ3n) is 10.00. The molecule has 9 nitrogen and oxygen atoms in total. The van der Waals surface area contributed by atoms with Gasteiger partial charge in [0, 0.05) is 18.3 Å². The van der Waals surface area contributed by atoms with Gasteiger partial charge in [0.15, 0.2) is 11.5 Å². The second-order valence-corrected chi connectivity index (χ2v) is 13.0. The number of benzene rings is 2. The van der Waals surface area contributed by atoms with Crippen LogP contribution in [0.15, 0.2) is 54.6 Å². The Balaban J connectivity index is 1.19. The number of amides is 3. The van der Waals surface area contributed by atoms with E-state index in [9.17, 15) is 14.4 Å². The van der Waals surface area contributed by atoms with E-state index in [4.69, 9.17) is 14.2 Å². The van der Waals surface area contributed by atoms with Crippen LogP contribution < -0.4 is 20.1 Å². The summed E-state index contributed by atoms with van der Waals surface area (Å²) in [6.07, 6.45) is 7.31. The van der Waals surface area contributed by atoms with Crippen LogP contribution in [0.2, 0.25) is 0 Å². The third kappa shape index (κ3) is 4.69. The van der Waals surface area contributed by atoms with Crippen LogP contribution in [0.4, 0.5) is 5.69 Å². The van der Waals surface area contributed by atoms with Crippen molar-refractivity contribution in [3.8, 4) is 11.5 Å². The molecule has 5 aliphatic rings. The van der Waals surface area contributed by atoms with E-state index in [-0.39, 0.29) is 37.1 Å². The standard InChI is InChI=1S/C34H39N3O6/c1-19(2)22-9-11-23(12-10-22)35-31(38)28-26-14-15-34(43-26)29(28)33(40)37(17-21-8-13-25-27(16-21)42-18-41-25)30(34)32(39)36-24-7-5-4-6-20(24)3/h8-16,19-20,24,26,28-30H,4-7,17-18H2,1-3H3,(H,35,38)(H,36,39)/t20-,24-,26+,28-,29+,30+,34+/m1/s1. The molecule has 3 amide bonds. The van der Waals surface area contributed by atoms with Gasteiger partial charge in [-0.1, -0.05) is 64.0 Å². The highest BCUT2D eigenvalue weighted by atomic mass is 16.7. The summed E-state index contributed by atoms with van der Waals surface area (Å²) < 4.78 is 17.6. The Hall–Kier alpha value is -3.85. The molecule has 0 radical (unpaired) electrons. The van der Waals surface area contributed by atoms with Crippen molar-refractivity contribution in [2.24, 2.45) is 17.8 Å². The van der Waals surface area contributed by atoms with Crippen LogP contribution in [-0.4, -0.2) is 53.2 Å². The molecule has 0 unspecified atom stereocenters. The van der Waals surface area contributed by atoms with E-state index in [2.05, 4.69) is 31.4 Å². The summed E-state index contributed by atoms with van der Waals surface area (Å²) in [7, 11) is 0. The van der Waals surface area contributed by atoms with Gasteiger partial charge in [-0.25, -0.2) is 0 Å². The number of carbonyl (C=O) groups excluding carboxylic acids is 3. The fourth-order valence-corrected chi connectivity index (χ4v) is 7.64. The molecule has 1 spiro atoms. The second-order valence-electron chi connectivity index (χ2n) is 13.0. The highest BCUT2D eigenvalue weighted by Gasteiger charge is 2.72. The van der Waals surface area contributed by atoms with Crippen molar-refractivity contribution in [2.75, 3.05) is 12.1 Å². The minimum atomic E-state index is -1.22. The molecule has 3 fully saturated rings. The fraction of sp³-hybridized carbons (Fsp3) is 0.500. The minimum absolute atomic E-state index is 0.0367.